The number of hydrogen-bond acceptors (Lipinski definition) is 27. The van der Waals surface area contributed by atoms with Crippen LogP contribution in [0.25, 0.3) is 33.3 Å². The fraction of sp³-hybridized carbons (Fsp3) is 0.500. The molecule has 9 heterocycles. The first-order valence-electron chi connectivity index (χ1n) is 36.8. The van der Waals surface area contributed by atoms with E-state index in [1.54, 1.807) is 35.0 Å². The Morgan fingerprint density at radius 1 is 0.745 bits per heavy atom. The lowest BCUT2D eigenvalue weighted by Crippen LogP contribution is -2.58. The first-order chi connectivity index (χ1) is 52.8. The van der Waals surface area contributed by atoms with Crippen molar-refractivity contribution in [2.24, 2.45) is 11.8 Å². The number of cyclic esters (lactones) is 2. The predicted octanol–water partition coefficient (Wildman–Crippen LogP) is 3.94. The van der Waals surface area contributed by atoms with Crippen LogP contribution in [0.1, 0.15) is 119 Å². The van der Waals surface area contributed by atoms with Gasteiger partial charge in [0.25, 0.3) is 17.3 Å². The number of nitrogens with zero attached hydrogens (tertiary/aromatic N) is 8. The Labute approximate surface area is 638 Å². The number of benzene rings is 3. The molecule has 590 valence electrons. The molecule has 4 aromatic heterocycles. The molecule has 5 aliphatic heterocycles. The van der Waals surface area contributed by atoms with E-state index < -0.39 is 131 Å². The molecule has 12 rings (SSSR count). The molecule has 7 aromatic rings. The molecule has 36 heteroatoms. The van der Waals surface area contributed by atoms with Crippen molar-refractivity contribution in [2.45, 2.75) is 127 Å². The molecule has 33 nitrogen and oxygen atoms in total. The summed E-state index contributed by atoms with van der Waals surface area (Å²) in [5.41, 5.74) is 7.51. The first-order valence-corrected chi connectivity index (χ1v) is 40.6. The fourth-order valence-electron chi connectivity index (χ4n) is 14.9. The number of aromatic nitrogens is 7. The minimum Gasteiger partial charge on any atom is -0.778 e. The quantitative estimate of drug-likeness (QED) is 0.00597. The number of thiol groups is 1. The van der Waals surface area contributed by atoms with Crippen LogP contribution in [0.3, 0.4) is 0 Å². The van der Waals surface area contributed by atoms with Crippen LogP contribution in [0.5, 0.6) is 0 Å². The van der Waals surface area contributed by atoms with Crippen LogP contribution in [0.15, 0.2) is 123 Å². The Kier molecular flexibility index (Phi) is 26.6. The van der Waals surface area contributed by atoms with Crippen molar-refractivity contribution in [2.75, 3.05) is 104 Å². The zero-order valence-corrected chi connectivity index (χ0v) is 64.1. The molecule has 1 amide bonds. The van der Waals surface area contributed by atoms with E-state index in [-0.39, 0.29) is 86.6 Å². The van der Waals surface area contributed by atoms with Gasteiger partial charge in [0.05, 0.1) is 100 Å². The fourth-order valence-corrected chi connectivity index (χ4v) is 17.9. The minimum absolute atomic E-state index is 0.0122. The van der Waals surface area contributed by atoms with Gasteiger partial charge >= 0.3 is 23.3 Å². The SMILES string of the molecule is CCCC[N+]1(CCN(C)C)CCC(=O)OC1c1ccc(-c2cn([C@H]3C[C@H](CP(=O)([O-])OC[C@H]4O[C@@H](n5cc(-c6ccc(C7OC(=O)CCN7Cc7ccccc7)cc6)c6c(N)ncnc65)C[C@@H]4O)[C@@H](COP(=O)([O-])C[C@H]4C[C@H](n5cc(C#CCNC(=O)CNCCC)c(=O)[nH]c5=O)O[C@@H]4COS)O3)c(=O)[nH]c2=O)cc1. The van der Waals surface area contributed by atoms with E-state index in [0.717, 1.165) is 58.8 Å². The summed E-state index contributed by atoms with van der Waals surface area (Å²) in [5, 5.41) is 17.6. The zero-order valence-electron chi connectivity index (χ0n) is 61.4. The molecule has 14 atom stereocenters. The highest BCUT2D eigenvalue weighted by atomic mass is 32.1. The number of rotatable bonds is 32. The van der Waals surface area contributed by atoms with Crippen LogP contribution < -0.4 is 48.7 Å². The van der Waals surface area contributed by atoms with Crippen LogP contribution in [0.4, 0.5) is 5.82 Å². The molecule has 5 saturated heterocycles. The second-order valence-electron chi connectivity index (χ2n) is 28.7. The van der Waals surface area contributed by atoms with Gasteiger partial charge in [-0.3, -0.25) is 52.5 Å². The molecular weight excluding hydrogens is 1480 g/mol. The van der Waals surface area contributed by atoms with Crippen LogP contribution >= 0.6 is 28.1 Å². The number of aromatic amines is 2. The third-order valence-electron chi connectivity index (χ3n) is 20.6. The van der Waals surface area contributed by atoms with E-state index in [1.165, 1.54) is 12.5 Å². The number of quaternary nitrogens is 1. The number of aliphatic hydroxyl groups is 1. The summed E-state index contributed by atoms with van der Waals surface area (Å²) in [7, 11) is -6.15. The highest BCUT2D eigenvalue weighted by molar-refractivity contribution is 7.75. The number of nitrogen functional groups attached to an aromatic ring is 1. The molecule has 5 aliphatic rings. The Bertz CT molecular complexity index is 4840. The van der Waals surface area contributed by atoms with Gasteiger partial charge in [-0.2, -0.15) is 0 Å². The summed E-state index contributed by atoms with van der Waals surface area (Å²) in [6, 6.07) is 24.2. The maximum Gasteiger partial charge on any atom is 0.330 e. The average molecular weight is 1580 g/mol. The van der Waals surface area contributed by atoms with E-state index >= 15 is 0 Å². The lowest BCUT2D eigenvalue weighted by Gasteiger charge is -2.47. The van der Waals surface area contributed by atoms with Crippen molar-refractivity contribution in [1.82, 2.24) is 54.1 Å². The summed E-state index contributed by atoms with van der Waals surface area (Å²) in [4.78, 5) is 138. The van der Waals surface area contributed by atoms with Gasteiger partial charge in [0.1, 0.15) is 63.3 Å². The number of ether oxygens (including phenoxy) is 5. The molecule has 0 spiro atoms. The monoisotopic (exact) mass is 1580 g/mol. The topological polar surface area (TPSA) is 423 Å². The Morgan fingerprint density at radius 3 is 2.02 bits per heavy atom. The van der Waals surface area contributed by atoms with Gasteiger partial charge in [-0.25, -0.2) is 19.6 Å². The van der Waals surface area contributed by atoms with E-state index in [2.05, 4.69) is 72.0 Å². The Morgan fingerprint density at radius 2 is 1.35 bits per heavy atom. The van der Waals surface area contributed by atoms with Crippen molar-refractivity contribution in [3.8, 4) is 34.1 Å². The molecular formula is C74H92N13O20P2S-. The zero-order chi connectivity index (χ0) is 78.0. The molecule has 0 radical (unpaired) electrons. The molecule has 5 unspecified atom stereocenters. The van der Waals surface area contributed by atoms with Gasteiger partial charge in [-0.05, 0) is 99.9 Å². The maximum absolute atomic E-state index is 14.5. The summed E-state index contributed by atoms with van der Waals surface area (Å²) in [6.45, 7) is 6.71. The summed E-state index contributed by atoms with van der Waals surface area (Å²) in [6.07, 6.45) is -3.08. The number of carbonyl (C=O) groups excluding carboxylic acids is 3. The van der Waals surface area contributed by atoms with Crippen molar-refractivity contribution in [1.29, 1.82) is 0 Å². The number of amides is 1. The van der Waals surface area contributed by atoms with Gasteiger partial charge in [-0.15, -0.1) is 0 Å². The van der Waals surface area contributed by atoms with Crippen molar-refractivity contribution in [3.05, 3.63) is 168 Å². The second kappa shape index (κ2) is 36.0. The number of unbranched alkanes of at least 4 members (excludes halogenated alkanes) is 1. The number of aliphatic hydroxyl groups excluding tert-OH is 1. The molecule has 3 aromatic carbocycles. The van der Waals surface area contributed by atoms with Crippen molar-refractivity contribution < 1.29 is 79.8 Å². The minimum atomic E-state index is -5.08. The highest BCUT2D eigenvalue weighted by Crippen LogP contribution is 2.50. The third kappa shape index (κ3) is 19.6. The van der Waals surface area contributed by atoms with Gasteiger partial charge in [0, 0.05) is 68.1 Å². The average Bonchev–Trinajstić information content (AvgIpc) is 1.51. The second-order valence-corrected chi connectivity index (χ2v) is 32.6. The number of carbonyl (C=O) groups is 3. The largest absolute Gasteiger partial charge is 0.778 e. The van der Waals surface area contributed by atoms with Crippen LogP contribution in [0.2, 0.25) is 0 Å². The predicted molar refractivity (Wildman–Crippen MR) is 401 cm³/mol. The Hall–Kier alpha value is -8.30. The summed E-state index contributed by atoms with van der Waals surface area (Å²) in [5.74, 6) is 2.41. The van der Waals surface area contributed by atoms with Crippen LogP contribution in [-0.2, 0) is 67.0 Å². The molecule has 0 saturated carbocycles. The molecule has 7 N–H and O–H groups in total. The van der Waals surface area contributed by atoms with Gasteiger partial charge in [0.2, 0.25) is 5.91 Å². The number of nitrogens with one attached hydrogen (secondary N) is 4. The number of fused-ring (bicyclic) bond motifs is 1. The first kappa shape index (κ1) is 81.2. The third-order valence-corrected chi connectivity index (χ3v) is 23.7. The van der Waals surface area contributed by atoms with Crippen molar-refractivity contribution in [3.63, 3.8) is 0 Å². The van der Waals surface area contributed by atoms with Crippen LogP contribution in [0, 0.1) is 23.7 Å². The highest BCUT2D eigenvalue weighted by Gasteiger charge is 2.46. The normalized spacial score (nSPS) is 25.4. The number of nitrogens with two attached hydrogens (primary N) is 1. The molecule has 0 bridgehead atoms. The molecule has 5 fully saturated rings. The maximum atomic E-state index is 14.5. The smallest absolute Gasteiger partial charge is 0.330 e. The molecule has 0 aliphatic carbocycles. The number of esters is 2. The van der Waals surface area contributed by atoms with Gasteiger partial charge in [0.15, 0.2) is 6.23 Å². The summed E-state index contributed by atoms with van der Waals surface area (Å²) < 4.78 is 80.6. The standard InChI is InChI=1S/C74H93N13O20P2S/c1-5-7-29-87(31-28-82(3)4)30-24-65(91)107-72(87)50-21-17-48(18-22-50)55-39-86(74(95)81-70(55)93)62-32-52(57(103-62)40-100-108(96,97)44-53-33-61(104-58(53)42-102-110)85-37-51(69(92)80-73(85)94)14-11-26-77-60(89)35-76-25-6-2)43-109(98,99)101-41-59-56(88)34-63(105-59)84-38-54(66-67(75)78-45-79-68(66)84)47-15-19-49(20-16-47)71-83(27-23-64(90)106-71)36-46-12-9-8-10-13-46/h8-10,12-13,15-22,37-39,45,52-53,56-59,61-63,71-72,76,88H,5-7,23-36,40-44H2,1-4H3,(H7-,75,77,78,79,80,81,89,92,93,94,95,96,97,98,99,110)/p-1/t52-,53-,56+,57-,58-,59-,61-,62-,63-,71?,72?,87?/m1/s1. The number of hydrogen-bond donors (Lipinski definition) is 7. The van der Waals surface area contributed by atoms with E-state index in [0.29, 0.717) is 70.5 Å². The van der Waals surface area contributed by atoms with E-state index in [9.17, 15) is 57.6 Å². The Balaban J connectivity index is 0.766. The van der Waals surface area contributed by atoms with Crippen molar-refractivity contribution >= 4 is 62.8 Å². The van der Waals surface area contributed by atoms with Gasteiger partial charge < -0.3 is 86.8 Å². The number of anilines is 1. The van der Waals surface area contributed by atoms with E-state index in [4.69, 9.17) is 42.6 Å². The van der Waals surface area contributed by atoms with Gasteiger partial charge in [-0.1, -0.05) is 98.8 Å². The number of likely N-dealkylation sites (N-methyl/N-ethyl adjacent to an activating group) is 1. The number of H-pyrrole nitrogens is 2. The molecule has 110 heavy (non-hydrogen) atoms. The van der Waals surface area contributed by atoms with E-state index in [1.807, 2.05) is 75.6 Å². The summed E-state index contributed by atoms with van der Waals surface area (Å²) >= 11 is 3.89. The lowest BCUT2D eigenvalue weighted by atomic mass is 10.0. The van der Waals surface area contributed by atoms with Crippen LogP contribution in [-0.4, -0.2) is 194 Å². The lowest BCUT2D eigenvalue weighted by molar-refractivity contribution is -0.979.